The van der Waals surface area contributed by atoms with Gasteiger partial charge in [0.2, 0.25) is 0 Å². The van der Waals surface area contributed by atoms with Gasteiger partial charge in [-0.15, -0.1) is 0 Å². The van der Waals surface area contributed by atoms with Crippen molar-refractivity contribution in [2.45, 2.75) is 58.4 Å². The van der Waals surface area contributed by atoms with Crippen LogP contribution in [0.4, 0.5) is 0 Å². The summed E-state index contributed by atoms with van der Waals surface area (Å²) in [5.41, 5.74) is 1.39. The Morgan fingerprint density at radius 2 is 2.21 bits per heavy atom. The number of nitrogens with zero attached hydrogens (tertiary/aromatic N) is 2. The zero-order valence-electron chi connectivity index (χ0n) is 12.7. The molecule has 0 bridgehead atoms. The minimum atomic E-state index is 0.740. The van der Waals surface area contributed by atoms with Gasteiger partial charge in [-0.3, -0.25) is 4.68 Å². The molecule has 1 aliphatic carbocycles. The molecule has 1 aliphatic rings. The molecule has 0 aliphatic heterocycles. The molecule has 2 rings (SSSR count). The maximum absolute atomic E-state index is 4.27. The Morgan fingerprint density at radius 3 is 2.84 bits per heavy atom. The lowest BCUT2D eigenvalue weighted by atomic mass is 9.75. The van der Waals surface area contributed by atoms with Gasteiger partial charge >= 0.3 is 0 Å². The Kier molecular flexibility index (Phi) is 5.44. The van der Waals surface area contributed by atoms with Crippen molar-refractivity contribution in [1.82, 2.24) is 15.1 Å². The van der Waals surface area contributed by atoms with E-state index in [2.05, 4.69) is 30.5 Å². The lowest BCUT2D eigenvalue weighted by Gasteiger charge is -2.36. The van der Waals surface area contributed by atoms with Crippen molar-refractivity contribution in [3.8, 4) is 0 Å². The molecule has 3 atom stereocenters. The van der Waals surface area contributed by atoms with Gasteiger partial charge in [-0.25, -0.2) is 0 Å². The van der Waals surface area contributed by atoms with Crippen LogP contribution >= 0.6 is 0 Å². The van der Waals surface area contributed by atoms with E-state index in [9.17, 15) is 0 Å². The number of hydrogen-bond donors (Lipinski definition) is 1. The van der Waals surface area contributed by atoms with Crippen molar-refractivity contribution in [2.24, 2.45) is 18.9 Å². The summed E-state index contributed by atoms with van der Waals surface area (Å²) in [4.78, 5) is 0. The first-order valence-electron chi connectivity index (χ1n) is 7.93. The topological polar surface area (TPSA) is 29.9 Å². The van der Waals surface area contributed by atoms with Crippen LogP contribution in [0, 0.1) is 11.8 Å². The van der Waals surface area contributed by atoms with E-state index in [1.165, 1.54) is 44.1 Å². The van der Waals surface area contributed by atoms with Crippen molar-refractivity contribution >= 4 is 0 Å². The lowest BCUT2D eigenvalue weighted by molar-refractivity contribution is 0.191. The van der Waals surface area contributed by atoms with Crippen LogP contribution in [0.25, 0.3) is 0 Å². The van der Waals surface area contributed by atoms with Crippen LogP contribution in [0.3, 0.4) is 0 Å². The fourth-order valence-electron chi connectivity index (χ4n) is 3.54. The number of rotatable bonds is 6. The highest BCUT2D eigenvalue weighted by molar-refractivity contribution is 5.04. The minimum absolute atomic E-state index is 0.740. The molecule has 3 unspecified atom stereocenters. The summed E-state index contributed by atoms with van der Waals surface area (Å²) in [6.07, 6.45) is 12.2. The number of nitrogens with one attached hydrogen (secondary N) is 1. The highest BCUT2D eigenvalue weighted by Gasteiger charge is 2.28. The van der Waals surface area contributed by atoms with Gasteiger partial charge in [0.15, 0.2) is 0 Å². The molecule has 0 amide bonds. The molecule has 1 aromatic heterocycles. The van der Waals surface area contributed by atoms with Gasteiger partial charge in [0.25, 0.3) is 0 Å². The Hall–Kier alpha value is -0.830. The number of hydrogen-bond acceptors (Lipinski definition) is 2. The highest BCUT2D eigenvalue weighted by Crippen LogP contribution is 2.33. The molecule has 0 radical (unpaired) electrons. The van der Waals surface area contributed by atoms with Crippen molar-refractivity contribution in [1.29, 1.82) is 0 Å². The SMILES string of the molecule is CCNC1CCC(CC)CC1CCc1cnn(C)c1. The average molecular weight is 263 g/mol. The van der Waals surface area contributed by atoms with Gasteiger partial charge < -0.3 is 5.32 Å². The normalized spacial score (nSPS) is 27.6. The van der Waals surface area contributed by atoms with Gasteiger partial charge in [0, 0.05) is 19.3 Å². The smallest absolute Gasteiger partial charge is 0.0521 e. The monoisotopic (exact) mass is 263 g/mol. The molecule has 0 saturated heterocycles. The Bertz CT molecular complexity index is 372. The van der Waals surface area contributed by atoms with Crippen LogP contribution in [0.2, 0.25) is 0 Å². The molecule has 108 valence electrons. The zero-order valence-corrected chi connectivity index (χ0v) is 12.7. The van der Waals surface area contributed by atoms with E-state index in [-0.39, 0.29) is 0 Å². The minimum Gasteiger partial charge on any atom is -0.314 e. The van der Waals surface area contributed by atoms with Gasteiger partial charge in [0.1, 0.15) is 0 Å². The molecular formula is C16H29N3. The van der Waals surface area contributed by atoms with E-state index in [4.69, 9.17) is 0 Å². The molecule has 1 heterocycles. The van der Waals surface area contributed by atoms with E-state index in [1.807, 2.05) is 17.9 Å². The average Bonchev–Trinajstić information content (AvgIpc) is 2.83. The molecular weight excluding hydrogens is 234 g/mol. The van der Waals surface area contributed by atoms with Gasteiger partial charge in [-0.1, -0.05) is 20.3 Å². The molecule has 3 heteroatoms. The first-order chi connectivity index (χ1) is 9.22. The molecule has 1 aromatic rings. The third-order valence-electron chi connectivity index (χ3n) is 4.70. The summed E-state index contributed by atoms with van der Waals surface area (Å²) < 4.78 is 1.91. The van der Waals surface area contributed by atoms with E-state index in [1.54, 1.807) is 0 Å². The molecule has 1 N–H and O–H groups in total. The van der Waals surface area contributed by atoms with Crippen LogP contribution in [-0.2, 0) is 13.5 Å². The summed E-state index contributed by atoms with van der Waals surface area (Å²) in [6, 6.07) is 0.740. The van der Waals surface area contributed by atoms with Crippen LogP contribution in [0.1, 0.15) is 51.5 Å². The summed E-state index contributed by atoms with van der Waals surface area (Å²) in [7, 11) is 2.00. The fourth-order valence-corrected chi connectivity index (χ4v) is 3.54. The van der Waals surface area contributed by atoms with E-state index < -0.39 is 0 Å². The molecule has 0 aromatic carbocycles. The molecule has 0 spiro atoms. The van der Waals surface area contributed by atoms with Crippen molar-refractivity contribution in [2.75, 3.05) is 6.54 Å². The largest absolute Gasteiger partial charge is 0.314 e. The molecule has 3 nitrogen and oxygen atoms in total. The fraction of sp³-hybridized carbons (Fsp3) is 0.812. The van der Waals surface area contributed by atoms with E-state index in [0.29, 0.717) is 0 Å². The van der Waals surface area contributed by atoms with Gasteiger partial charge in [0.05, 0.1) is 6.20 Å². The maximum Gasteiger partial charge on any atom is 0.0521 e. The first-order valence-corrected chi connectivity index (χ1v) is 7.93. The molecule has 1 fully saturated rings. The Balaban J connectivity index is 1.89. The number of aryl methyl sites for hydroxylation is 2. The van der Waals surface area contributed by atoms with Crippen molar-refractivity contribution < 1.29 is 0 Å². The summed E-state index contributed by atoms with van der Waals surface area (Å²) in [5, 5.41) is 7.97. The quantitative estimate of drug-likeness (QED) is 0.854. The molecule has 1 saturated carbocycles. The van der Waals surface area contributed by atoms with E-state index >= 15 is 0 Å². The predicted molar refractivity (Wildman–Crippen MR) is 80.1 cm³/mol. The number of aromatic nitrogens is 2. The van der Waals surface area contributed by atoms with Crippen LogP contribution < -0.4 is 5.32 Å². The Labute approximate surface area is 117 Å². The van der Waals surface area contributed by atoms with Crippen LogP contribution in [0.5, 0.6) is 0 Å². The third kappa shape index (κ3) is 4.07. The van der Waals surface area contributed by atoms with Crippen LogP contribution in [0.15, 0.2) is 12.4 Å². The summed E-state index contributed by atoms with van der Waals surface area (Å²) >= 11 is 0. The second-order valence-corrected chi connectivity index (χ2v) is 6.07. The second-order valence-electron chi connectivity index (χ2n) is 6.07. The maximum atomic E-state index is 4.27. The third-order valence-corrected chi connectivity index (χ3v) is 4.70. The molecule has 19 heavy (non-hydrogen) atoms. The lowest BCUT2D eigenvalue weighted by Crippen LogP contribution is -2.40. The summed E-state index contributed by atoms with van der Waals surface area (Å²) in [6.45, 7) is 5.67. The zero-order chi connectivity index (χ0) is 13.7. The van der Waals surface area contributed by atoms with Gasteiger partial charge in [-0.2, -0.15) is 5.10 Å². The van der Waals surface area contributed by atoms with Crippen molar-refractivity contribution in [3.63, 3.8) is 0 Å². The first kappa shape index (κ1) is 14.6. The Morgan fingerprint density at radius 1 is 1.37 bits per heavy atom. The second kappa shape index (κ2) is 7.09. The summed E-state index contributed by atoms with van der Waals surface area (Å²) in [5.74, 6) is 1.80. The van der Waals surface area contributed by atoms with Crippen molar-refractivity contribution in [3.05, 3.63) is 18.0 Å². The highest BCUT2D eigenvalue weighted by atomic mass is 15.2. The predicted octanol–water partition coefficient (Wildman–Crippen LogP) is 3.16. The standard InChI is InChI=1S/C16H29N3/c1-4-13-7-9-16(17-5-2)15(10-13)8-6-14-11-18-19(3)12-14/h11-13,15-17H,4-10H2,1-3H3. The van der Waals surface area contributed by atoms with Gasteiger partial charge in [-0.05, 0) is 56.0 Å². The van der Waals surface area contributed by atoms with E-state index in [0.717, 1.165) is 24.4 Å². The van der Waals surface area contributed by atoms with Crippen LogP contribution in [-0.4, -0.2) is 22.4 Å².